The van der Waals surface area contributed by atoms with Gasteiger partial charge < -0.3 is 4.74 Å². The summed E-state index contributed by atoms with van der Waals surface area (Å²) in [5.74, 6) is 0.437. The Labute approximate surface area is 163 Å². The van der Waals surface area contributed by atoms with Crippen LogP contribution >= 0.6 is 0 Å². The van der Waals surface area contributed by atoms with Gasteiger partial charge in [-0.25, -0.2) is 10.1 Å². The highest BCUT2D eigenvalue weighted by molar-refractivity contribution is 5.94. The molecule has 0 bridgehead atoms. The summed E-state index contributed by atoms with van der Waals surface area (Å²) in [5, 5.41) is 12.1. The highest BCUT2D eigenvalue weighted by Crippen LogP contribution is 2.11. The van der Waals surface area contributed by atoms with Gasteiger partial charge in [-0.15, -0.1) is 5.10 Å². The molecule has 1 amide bonds. The molecule has 1 aromatic heterocycles. The van der Waals surface area contributed by atoms with E-state index in [4.69, 9.17) is 4.74 Å². The van der Waals surface area contributed by atoms with Gasteiger partial charge >= 0.3 is 0 Å². The number of nitrogens with one attached hydrogen (secondary N) is 1. The molecule has 0 unspecified atom stereocenters. The van der Waals surface area contributed by atoms with Crippen molar-refractivity contribution in [2.75, 3.05) is 6.61 Å². The second-order valence-electron chi connectivity index (χ2n) is 5.86. The number of benzene rings is 2. The zero-order valence-electron chi connectivity index (χ0n) is 15.5. The lowest BCUT2D eigenvalue weighted by atomic mass is 10.2. The van der Waals surface area contributed by atoms with Crippen LogP contribution in [-0.2, 0) is 6.54 Å². The molecule has 142 valence electrons. The molecule has 7 nitrogen and oxygen atoms in total. The Hall–Kier alpha value is -3.74. The van der Waals surface area contributed by atoms with Crippen LogP contribution in [0, 0.1) is 0 Å². The monoisotopic (exact) mass is 375 g/mol. The number of hydrogen-bond acceptors (Lipinski definition) is 5. The maximum Gasteiger partial charge on any atom is 0.271 e. The standard InChI is InChI=1S/C21H21N5O2/c1-2-28-20-12-10-18(11-13-20)21(27)24-22-14-6-9-19-16-26(25-23-19)15-17-7-4-3-5-8-17/h3-14,16H,2,15H2,1H3,(H,24,27)/b9-6+,22-14-. The van der Waals surface area contributed by atoms with Gasteiger partial charge in [0.25, 0.3) is 5.91 Å². The minimum Gasteiger partial charge on any atom is -0.494 e. The smallest absolute Gasteiger partial charge is 0.271 e. The van der Waals surface area contributed by atoms with Crippen molar-refractivity contribution in [2.45, 2.75) is 13.5 Å². The van der Waals surface area contributed by atoms with Crippen molar-refractivity contribution in [3.05, 3.63) is 83.7 Å². The number of hydrazone groups is 1. The predicted octanol–water partition coefficient (Wildman–Crippen LogP) is 3.15. The molecule has 2 aromatic carbocycles. The van der Waals surface area contributed by atoms with E-state index < -0.39 is 0 Å². The number of carbonyl (C=O) groups excluding carboxylic acids is 1. The molecule has 28 heavy (non-hydrogen) atoms. The van der Waals surface area contributed by atoms with Crippen LogP contribution in [0.25, 0.3) is 6.08 Å². The maximum absolute atomic E-state index is 12.0. The largest absolute Gasteiger partial charge is 0.494 e. The number of allylic oxidation sites excluding steroid dienone is 1. The number of nitrogens with zero attached hydrogens (tertiary/aromatic N) is 4. The Morgan fingerprint density at radius 1 is 1.18 bits per heavy atom. The van der Waals surface area contributed by atoms with Gasteiger partial charge in [0.05, 0.1) is 19.3 Å². The molecule has 1 N–H and O–H groups in total. The lowest BCUT2D eigenvalue weighted by molar-refractivity contribution is 0.0955. The van der Waals surface area contributed by atoms with Crippen molar-refractivity contribution in [3.63, 3.8) is 0 Å². The molecule has 0 aliphatic heterocycles. The topological polar surface area (TPSA) is 81.4 Å². The zero-order chi connectivity index (χ0) is 19.6. The van der Waals surface area contributed by atoms with Crippen LogP contribution in [0.4, 0.5) is 0 Å². The molecule has 0 atom stereocenters. The summed E-state index contributed by atoms with van der Waals surface area (Å²) in [7, 11) is 0. The van der Waals surface area contributed by atoms with Crippen LogP contribution < -0.4 is 10.2 Å². The van der Waals surface area contributed by atoms with E-state index in [1.54, 1.807) is 41.1 Å². The van der Waals surface area contributed by atoms with E-state index in [0.29, 0.717) is 24.4 Å². The lowest BCUT2D eigenvalue weighted by Crippen LogP contribution is -2.17. The Morgan fingerprint density at radius 2 is 1.96 bits per heavy atom. The summed E-state index contributed by atoms with van der Waals surface area (Å²) in [5.41, 5.74) is 4.84. The van der Waals surface area contributed by atoms with Crippen molar-refractivity contribution in [1.29, 1.82) is 0 Å². The van der Waals surface area contributed by atoms with E-state index in [-0.39, 0.29) is 5.91 Å². The maximum atomic E-state index is 12.0. The average molecular weight is 375 g/mol. The molecule has 0 aliphatic carbocycles. The van der Waals surface area contributed by atoms with Crippen molar-refractivity contribution in [3.8, 4) is 5.75 Å². The van der Waals surface area contributed by atoms with E-state index in [0.717, 1.165) is 11.3 Å². The minimum absolute atomic E-state index is 0.290. The predicted molar refractivity (Wildman–Crippen MR) is 108 cm³/mol. The molecule has 0 fully saturated rings. The Morgan fingerprint density at radius 3 is 2.71 bits per heavy atom. The van der Waals surface area contributed by atoms with Gasteiger partial charge in [-0.1, -0.05) is 35.5 Å². The first-order valence-electron chi connectivity index (χ1n) is 8.91. The first-order chi connectivity index (χ1) is 13.7. The van der Waals surface area contributed by atoms with Crippen molar-refractivity contribution in [2.24, 2.45) is 5.10 Å². The molecular weight excluding hydrogens is 354 g/mol. The van der Waals surface area contributed by atoms with E-state index in [9.17, 15) is 4.79 Å². The second-order valence-corrected chi connectivity index (χ2v) is 5.86. The number of hydrogen-bond donors (Lipinski definition) is 1. The van der Waals surface area contributed by atoms with Gasteiger partial charge in [0.15, 0.2) is 0 Å². The third-order valence-corrected chi connectivity index (χ3v) is 3.76. The van der Waals surface area contributed by atoms with Crippen LogP contribution in [0.2, 0.25) is 0 Å². The molecular formula is C21H21N5O2. The fourth-order valence-corrected chi connectivity index (χ4v) is 2.45. The lowest BCUT2D eigenvalue weighted by Gasteiger charge is -2.03. The van der Waals surface area contributed by atoms with Crippen molar-refractivity contribution in [1.82, 2.24) is 20.4 Å². The zero-order valence-corrected chi connectivity index (χ0v) is 15.5. The number of rotatable bonds is 8. The van der Waals surface area contributed by atoms with Gasteiger partial charge in [0.1, 0.15) is 11.4 Å². The number of ether oxygens (including phenoxy) is 1. The summed E-state index contributed by atoms with van der Waals surface area (Å²) in [6.45, 7) is 3.16. The molecule has 1 heterocycles. The molecule has 0 aliphatic rings. The molecule has 0 radical (unpaired) electrons. The normalized spacial score (nSPS) is 11.2. The molecule has 7 heteroatoms. The Kier molecular flexibility index (Phi) is 6.67. The highest BCUT2D eigenvalue weighted by Gasteiger charge is 2.03. The summed E-state index contributed by atoms with van der Waals surface area (Å²) < 4.78 is 7.11. The molecule has 3 rings (SSSR count). The molecule has 0 saturated heterocycles. The summed E-state index contributed by atoms with van der Waals surface area (Å²) >= 11 is 0. The van der Waals surface area contributed by atoms with Crippen LogP contribution in [0.5, 0.6) is 5.75 Å². The van der Waals surface area contributed by atoms with Crippen LogP contribution in [0.3, 0.4) is 0 Å². The van der Waals surface area contributed by atoms with Gasteiger partial charge in [-0.05, 0) is 48.9 Å². The first-order valence-corrected chi connectivity index (χ1v) is 8.91. The fraction of sp³-hybridized carbons (Fsp3) is 0.143. The van der Waals surface area contributed by atoms with E-state index in [1.807, 2.05) is 43.5 Å². The van der Waals surface area contributed by atoms with Gasteiger partial charge in [0.2, 0.25) is 0 Å². The van der Waals surface area contributed by atoms with Crippen LogP contribution in [-0.4, -0.2) is 33.7 Å². The summed E-state index contributed by atoms with van der Waals surface area (Å²) in [6.07, 6.45) is 6.79. The van der Waals surface area contributed by atoms with Gasteiger partial charge in [-0.3, -0.25) is 4.79 Å². The second kappa shape index (κ2) is 9.82. The summed E-state index contributed by atoms with van der Waals surface area (Å²) in [4.78, 5) is 12.0. The number of amides is 1. The average Bonchev–Trinajstić information content (AvgIpc) is 3.16. The molecule has 0 saturated carbocycles. The van der Waals surface area contributed by atoms with E-state index >= 15 is 0 Å². The van der Waals surface area contributed by atoms with Crippen LogP contribution in [0.15, 0.2) is 72.0 Å². The fourth-order valence-electron chi connectivity index (χ4n) is 2.45. The third-order valence-electron chi connectivity index (χ3n) is 3.76. The Balaban J connectivity index is 1.47. The SMILES string of the molecule is CCOc1ccc(C(=O)N/N=C\C=C\c2cn(Cc3ccccc3)nn2)cc1. The van der Waals surface area contributed by atoms with E-state index in [2.05, 4.69) is 20.8 Å². The van der Waals surface area contributed by atoms with Gasteiger partial charge in [-0.2, -0.15) is 5.10 Å². The minimum atomic E-state index is -0.290. The first kappa shape index (κ1) is 19.0. The van der Waals surface area contributed by atoms with Gasteiger partial charge in [0, 0.05) is 11.8 Å². The molecule has 0 spiro atoms. The highest BCUT2D eigenvalue weighted by atomic mass is 16.5. The van der Waals surface area contributed by atoms with Crippen molar-refractivity contribution < 1.29 is 9.53 Å². The number of aromatic nitrogens is 3. The third kappa shape index (κ3) is 5.63. The number of carbonyl (C=O) groups is 1. The van der Waals surface area contributed by atoms with E-state index in [1.165, 1.54) is 6.21 Å². The molecule has 3 aromatic rings. The van der Waals surface area contributed by atoms with Crippen LogP contribution in [0.1, 0.15) is 28.5 Å². The summed E-state index contributed by atoms with van der Waals surface area (Å²) in [6, 6.07) is 16.9. The van der Waals surface area contributed by atoms with Crippen molar-refractivity contribution >= 4 is 18.2 Å². The quantitative estimate of drug-likeness (QED) is 0.484. The Bertz CT molecular complexity index is 946.